The molecule has 1 atom stereocenters. The third-order valence-electron chi connectivity index (χ3n) is 2.86. The van der Waals surface area contributed by atoms with E-state index in [2.05, 4.69) is 0 Å². The van der Waals surface area contributed by atoms with Gasteiger partial charge in [-0.05, 0) is 43.5 Å². The van der Waals surface area contributed by atoms with Gasteiger partial charge in [-0.15, -0.1) is 0 Å². The number of furan rings is 1. The van der Waals surface area contributed by atoms with E-state index in [1.807, 2.05) is 0 Å². The van der Waals surface area contributed by atoms with Crippen LogP contribution in [-0.4, -0.2) is 36.0 Å². The molecule has 1 aromatic rings. The molecule has 0 radical (unpaired) electrons. The molecule has 1 aliphatic rings. The molecule has 0 aromatic carbocycles. The van der Waals surface area contributed by atoms with Crippen LogP contribution in [0.3, 0.4) is 0 Å². The first-order valence-corrected chi connectivity index (χ1v) is 6.24. The van der Waals surface area contributed by atoms with Crippen LogP contribution in [0, 0.1) is 0 Å². The summed E-state index contributed by atoms with van der Waals surface area (Å²) in [6, 6.07) is 2.50. The summed E-state index contributed by atoms with van der Waals surface area (Å²) in [6.07, 6.45) is 1.41. The molecule has 18 heavy (non-hydrogen) atoms. The summed E-state index contributed by atoms with van der Waals surface area (Å²) >= 11 is 5.63. The van der Waals surface area contributed by atoms with Gasteiger partial charge in [-0.3, -0.25) is 4.79 Å². The van der Waals surface area contributed by atoms with Gasteiger partial charge in [-0.25, -0.2) is 4.79 Å². The Bertz CT molecular complexity index is 457. The maximum atomic E-state index is 12.1. The van der Waals surface area contributed by atoms with E-state index in [0.717, 1.165) is 6.42 Å². The highest BCUT2D eigenvalue weighted by Crippen LogP contribution is 2.23. The average molecular weight is 272 g/mol. The highest BCUT2D eigenvalue weighted by molar-refractivity contribution is 6.29. The number of carbonyl (C=O) groups is 2. The molecule has 0 bridgehead atoms. The van der Waals surface area contributed by atoms with Crippen LogP contribution in [0.1, 0.15) is 30.3 Å². The number of hydrogen-bond acceptors (Lipinski definition) is 4. The molecule has 1 amide bonds. The molecule has 1 saturated heterocycles. The Balaban J connectivity index is 2.11. The van der Waals surface area contributed by atoms with Gasteiger partial charge >= 0.3 is 5.97 Å². The standard InChI is InChI=1S/C12H14ClNO4/c1-2-17-12(16)8-4-3-7-14(8)11(15)9-5-6-10(13)18-9/h5-6,8H,2-4,7H2,1H3. The van der Waals surface area contributed by atoms with Crippen LogP contribution in [0.25, 0.3) is 0 Å². The van der Waals surface area contributed by atoms with Crippen LogP contribution in [0.15, 0.2) is 16.5 Å². The Hall–Kier alpha value is -1.49. The first kappa shape index (κ1) is 13.0. The summed E-state index contributed by atoms with van der Waals surface area (Å²) in [5.74, 6) is -0.533. The van der Waals surface area contributed by atoms with Gasteiger partial charge in [0.15, 0.2) is 11.0 Å². The lowest BCUT2D eigenvalue weighted by Gasteiger charge is -2.21. The van der Waals surface area contributed by atoms with Crippen LogP contribution in [0.4, 0.5) is 0 Å². The zero-order chi connectivity index (χ0) is 13.1. The number of halogens is 1. The van der Waals surface area contributed by atoms with E-state index < -0.39 is 6.04 Å². The minimum absolute atomic E-state index is 0.149. The van der Waals surface area contributed by atoms with Crippen molar-refractivity contribution >= 4 is 23.5 Å². The lowest BCUT2D eigenvalue weighted by molar-refractivity contribution is -0.147. The van der Waals surface area contributed by atoms with Gasteiger partial charge in [0, 0.05) is 6.54 Å². The van der Waals surface area contributed by atoms with Crippen LogP contribution in [0.5, 0.6) is 0 Å². The third-order valence-corrected chi connectivity index (χ3v) is 3.06. The Morgan fingerprint density at radius 3 is 2.94 bits per heavy atom. The van der Waals surface area contributed by atoms with Gasteiger partial charge in [0.25, 0.3) is 5.91 Å². The summed E-state index contributed by atoms with van der Waals surface area (Å²) in [5.41, 5.74) is 0. The molecule has 0 aliphatic carbocycles. The van der Waals surface area contributed by atoms with Crippen LogP contribution < -0.4 is 0 Å². The Morgan fingerprint density at radius 2 is 2.33 bits per heavy atom. The minimum Gasteiger partial charge on any atom is -0.464 e. The number of esters is 1. The van der Waals surface area contributed by atoms with Crippen molar-refractivity contribution in [2.24, 2.45) is 0 Å². The molecule has 2 heterocycles. The second-order valence-corrected chi connectivity index (χ2v) is 4.38. The number of rotatable bonds is 3. The topological polar surface area (TPSA) is 59.8 Å². The first-order chi connectivity index (χ1) is 8.63. The Kier molecular flexibility index (Phi) is 3.91. The van der Waals surface area contributed by atoms with Crippen molar-refractivity contribution in [1.29, 1.82) is 0 Å². The Labute approximate surface area is 110 Å². The van der Waals surface area contributed by atoms with Crippen molar-refractivity contribution in [3.8, 4) is 0 Å². The van der Waals surface area contributed by atoms with Crippen molar-refractivity contribution in [3.63, 3.8) is 0 Å². The molecule has 2 rings (SSSR count). The van der Waals surface area contributed by atoms with Gasteiger partial charge < -0.3 is 14.1 Å². The highest BCUT2D eigenvalue weighted by atomic mass is 35.5. The summed E-state index contributed by atoms with van der Waals surface area (Å²) in [5, 5.41) is 0.158. The molecule has 5 nitrogen and oxygen atoms in total. The average Bonchev–Trinajstić information content (AvgIpc) is 2.96. The third kappa shape index (κ3) is 2.51. The number of ether oxygens (including phenoxy) is 1. The summed E-state index contributed by atoms with van der Waals surface area (Å²) in [4.78, 5) is 25.3. The van der Waals surface area contributed by atoms with Gasteiger partial charge in [0.1, 0.15) is 6.04 Å². The van der Waals surface area contributed by atoms with E-state index in [1.54, 1.807) is 6.92 Å². The Morgan fingerprint density at radius 1 is 1.56 bits per heavy atom. The van der Waals surface area contributed by atoms with E-state index in [1.165, 1.54) is 17.0 Å². The zero-order valence-electron chi connectivity index (χ0n) is 10.0. The van der Waals surface area contributed by atoms with E-state index in [4.69, 9.17) is 20.8 Å². The quantitative estimate of drug-likeness (QED) is 0.790. The molecular weight excluding hydrogens is 258 g/mol. The second kappa shape index (κ2) is 5.44. The summed E-state index contributed by atoms with van der Waals surface area (Å²) in [7, 11) is 0. The number of carbonyl (C=O) groups excluding carboxylic acids is 2. The molecule has 1 aromatic heterocycles. The zero-order valence-corrected chi connectivity index (χ0v) is 10.8. The van der Waals surface area contributed by atoms with Crippen molar-refractivity contribution in [2.45, 2.75) is 25.8 Å². The van der Waals surface area contributed by atoms with Gasteiger partial charge in [0.2, 0.25) is 0 Å². The van der Waals surface area contributed by atoms with Crippen molar-refractivity contribution in [3.05, 3.63) is 23.1 Å². The van der Waals surface area contributed by atoms with E-state index in [-0.39, 0.29) is 22.9 Å². The molecule has 1 aliphatic heterocycles. The first-order valence-electron chi connectivity index (χ1n) is 5.86. The molecule has 1 fully saturated rings. The van der Waals surface area contributed by atoms with E-state index in [0.29, 0.717) is 19.6 Å². The maximum Gasteiger partial charge on any atom is 0.328 e. The molecule has 6 heteroatoms. The summed E-state index contributed by atoms with van der Waals surface area (Å²) in [6.45, 7) is 2.58. The monoisotopic (exact) mass is 271 g/mol. The smallest absolute Gasteiger partial charge is 0.328 e. The molecule has 98 valence electrons. The fourth-order valence-electron chi connectivity index (χ4n) is 2.06. The summed E-state index contributed by atoms with van der Waals surface area (Å²) < 4.78 is 10.0. The number of hydrogen-bond donors (Lipinski definition) is 0. The molecule has 0 saturated carbocycles. The molecule has 0 spiro atoms. The van der Waals surface area contributed by atoms with Crippen LogP contribution in [-0.2, 0) is 9.53 Å². The van der Waals surface area contributed by atoms with Crippen molar-refractivity contribution in [2.75, 3.05) is 13.2 Å². The van der Waals surface area contributed by atoms with Gasteiger partial charge in [-0.1, -0.05) is 0 Å². The van der Waals surface area contributed by atoms with E-state index in [9.17, 15) is 9.59 Å². The predicted octanol–water partition coefficient (Wildman–Crippen LogP) is 2.10. The highest BCUT2D eigenvalue weighted by Gasteiger charge is 2.36. The predicted molar refractivity (Wildman–Crippen MR) is 64.4 cm³/mol. The van der Waals surface area contributed by atoms with Gasteiger partial charge in [-0.2, -0.15) is 0 Å². The normalized spacial score (nSPS) is 19.0. The van der Waals surface area contributed by atoms with Crippen molar-refractivity contribution in [1.82, 2.24) is 4.90 Å². The fraction of sp³-hybridized carbons (Fsp3) is 0.500. The number of amides is 1. The molecule has 0 N–H and O–H groups in total. The maximum absolute atomic E-state index is 12.1. The lowest BCUT2D eigenvalue weighted by atomic mass is 10.2. The number of nitrogens with zero attached hydrogens (tertiary/aromatic N) is 1. The van der Waals surface area contributed by atoms with Gasteiger partial charge in [0.05, 0.1) is 6.61 Å². The number of likely N-dealkylation sites (tertiary alicyclic amines) is 1. The van der Waals surface area contributed by atoms with Crippen LogP contribution in [0.2, 0.25) is 5.22 Å². The largest absolute Gasteiger partial charge is 0.464 e. The fourth-order valence-corrected chi connectivity index (χ4v) is 2.21. The molecular formula is C12H14ClNO4. The molecule has 1 unspecified atom stereocenters. The van der Waals surface area contributed by atoms with Crippen LogP contribution >= 0.6 is 11.6 Å². The second-order valence-electron chi connectivity index (χ2n) is 4.01. The SMILES string of the molecule is CCOC(=O)C1CCCN1C(=O)c1ccc(Cl)o1. The minimum atomic E-state index is -0.513. The van der Waals surface area contributed by atoms with E-state index >= 15 is 0 Å². The van der Waals surface area contributed by atoms with Crippen molar-refractivity contribution < 1.29 is 18.7 Å². The lowest BCUT2D eigenvalue weighted by Crippen LogP contribution is -2.41.